The lowest BCUT2D eigenvalue weighted by atomic mass is 10.1. The van der Waals surface area contributed by atoms with E-state index in [0.717, 1.165) is 24.4 Å². The Balaban J connectivity index is 1.93. The second-order valence-electron chi connectivity index (χ2n) is 4.49. The SMILES string of the molecule is Cc1cccc(N2OC3C=CC2CCC3)n1. The van der Waals surface area contributed by atoms with Gasteiger partial charge in [-0.05, 0) is 38.3 Å². The minimum Gasteiger partial charge on any atom is -0.264 e. The highest BCUT2D eigenvalue weighted by molar-refractivity contribution is 5.40. The Bertz CT molecular complexity index is 416. The number of fused-ring (bicyclic) bond motifs is 3. The Morgan fingerprint density at radius 2 is 2.25 bits per heavy atom. The van der Waals surface area contributed by atoms with Crippen molar-refractivity contribution in [1.82, 2.24) is 4.98 Å². The van der Waals surface area contributed by atoms with Crippen molar-refractivity contribution in [3.05, 3.63) is 36.0 Å². The number of anilines is 1. The molecule has 2 aliphatic heterocycles. The van der Waals surface area contributed by atoms with E-state index in [4.69, 9.17) is 4.84 Å². The number of aromatic nitrogens is 1. The number of hydrogen-bond acceptors (Lipinski definition) is 3. The van der Waals surface area contributed by atoms with Crippen LogP contribution in [0.25, 0.3) is 0 Å². The first-order chi connectivity index (χ1) is 7.83. The number of hydroxylamine groups is 1. The molecule has 3 heterocycles. The maximum absolute atomic E-state index is 5.94. The summed E-state index contributed by atoms with van der Waals surface area (Å²) in [6.45, 7) is 2.01. The molecule has 1 aromatic heterocycles. The molecule has 3 aliphatic rings. The van der Waals surface area contributed by atoms with Gasteiger partial charge in [0, 0.05) is 5.69 Å². The second kappa shape index (κ2) is 3.91. The van der Waals surface area contributed by atoms with Crippen LogP contribution in [0.3, 0.4) is 0 Å². The highest BCUT2D eigenvalue weighted by Crippen LogP contribution is 2.29. The molecule has 16 heavy (non-hydrogen) atoms. The van der Waals surface area contributed by atoms with Crippen LogP contribution in [0.4, 0.5) is 5.82 Å². The lowest BCUT2D eigenvalue weighted by molar-refractivity contribution is 0.0495. The van der Waals surface area contributed by atoms with Gasteiger partial charge in [-0.1, -0.05) is 18.2 Å². The summed E-state index contributed by atoms with van der Waals surface area (Å²) in [5, 5.41) is 1.98. The average molecular weight is 216 g/mol. The minimum atomic E-state index is 0.237. The summed E-state index contributed by atoms with van der Waals surface area (Å²) in [4.78, 5) is 10.5. The molecule has 0 saturated carbocycles. The maximum Gasteiger partial charge on any atom is 0.153 e. The number of nitrogens with zero attached hydrogens (tertiary/aromatic N) is 2. The van der Waals surface area contributed by atoms with E-state index in [1.165, 1.54) is 6.42 Å². The predicted octanol–water partition coefficient (Wildman–Crippen LogP) is 2.62. The summed E-state index contributed by atoms with van der Waals surface area (Å²) in [5.41, 5.74) is 1.03. The molecule has 0 amide bonds. The minimum absolute atomic E-state index is 0.237. The number of aryl methyl sites for hydroxylation is 1. The Morgan fingerprint density at radius 1 is 1.31 bits per heavy atom. The zero-order chi connectivity index (χ0) is 11.0. The Kier molecular flexibility index (Phi) is 2.40. The van der Waals surface area contributed by atoms with Gasteiger partial charge in [0.1, 0.15) is 6.10 Å². The Labute approximate surface area is 95.7 Å². The van der Waals surface area contributed by atoms with E-state index in [0.29, 0.717) is 6.04 Å². The molecule has 0 N–H and O–H groups in total. The van der Waals surface area contributed by atoms with Gasteiger partial charge < -0.3 is 0 Å². The highest BCUT2D eigenvalue weighted by Gasteiger charge is 2.29. The number of pyridine rings is 1. The van der Waals surface area contributed by atoms with Crippen LogP contribution in [0.1, 0.15) is 25.0 Å². The van der Waals surface area contributed by atoms with Crippen LogP contribution in [0.5, 0.6) is 0 Å². The van der Waals surface area contributed by atoms with Crippen LogP contribution in [0.15, 0.2) is 30.4 Å². The molecular weight excluding hydrogens is 200 g/mol. The molecule has 2 unspecified atom stereocenters. The monoisotopic (exact) mass is 216 g/mol. The molecule has 1 aromatic rings. The van der Waals surface area contributed by atoms with Crippen molar-refractivity contribution in [2.45, 2.75) is 38.3 Å². The van der Waals surface area contributed by atoms with Gasteiger partial charge in [-0.15, -0.1) is 0 Å². The van der Waals surface area contributed by atoms with Gasteiger partial charge in [-0.2, -0.15) is 0 Å². The van der Waals surface area contributed by atoms with Gasteiger partial charge in [0.25, 0.3) is 0 Å². The van der Waals surface area contributed by atoms with Crippen LogP contribution < -0.4 is 5.06 Å². The van der Waals surface area contributed by atoms with Crippen molar-refractivity contribution < 1.29 is 4.84 Å². The molecule has 1 fully saturated rings. The van der Waals surface area contributed by atoms with Crippen molar-refractivity contribution in [2.24, 2.45) is 0 Å². The summed E-state index contributed by atoms with van der Waals surface area (Å²) in [6.07, 6.45) is 8.18. The highest BCUT2D eigenvalue weighted by atomic mass is 16.7. The molecule has 3 heteroatoms. The predicted molar refractivity (Wildman–Crippen MR) is 63.1 cm³/mol. The summed E-state index contributed by atoms with van der Waals surface area (Å²) < 4.78 is 0. The smallest absolute Gasteiger partial charge is 0.153 e. The van der Waals surface area contributed by atoms with E-state index in [1.54, 1.807) is 0 Å². The molecule has 0 aromatic carbocycles. The van der Waals surface area contributed by atoms with Crippen molar-refractivity contribution in [3.63, 3.8) is 0 Å². The first-order valence-corrected chi connectivity index (χ1v) is 5.91. The van der Waals surface area contributed by atoms with Gasteiger partial charge in [0.05, 0.1) is 6.04 Å². The Hall–Kier alpha value is -1.35. The number of rotatable bonds is 1. The van der Waals surface area contributed by atoms with E-state index in [1.807, 2.05) is 30.2 Å². The van der Waals surface area contributed by atoms with E-state index in [9.17, 15) is 0 Å². The number of hydrogen-bond donors (Lipinski definition) is 0. The van der Waals surface area contributed by atoms with Crippen molar-refractivity contribution >= 4 is 5.82 Å². The fourth-order valence-corrected chi connectivity index (χ4v) is 2.36. The first kappa shape index (κ1) is 9.85. The van der Waals surface area contributed by atoms with Crippen LogP contribution in [-0.4, -0.2) is 17.1 Å². The average Bonchev–Trinajstić information content (AvgIpc) is 2.63. The molecule has 1 saturated heterocycles. The van der Waals surface area contributed by atoms with Gasteiger partial charge in [0.2, 0.25) is 0 Å². The topological polar surface area (TPSA) is 25.4 Å². The van der Waals surface area contributed by atoms with E-state index in [2.05, 4.69) is 17.1 Å². The lowest BCUT2D eigenvalue weighted by Crippen LogP contribution is -2.38. The maximum atomic E-state index is 5.94. The van der Waals surface area contributed by atoms with Crippen LogP contribution in [0.2, 0.25) is 0 Å². The van der Waals surface area contributed by atoms with Gasteiger partial charge in [-0.3, -0.25) is 4.84 Å². The van der Waals surface area contributed by atoms with Crippen molar-refractivity contribution in [1.29, 1.82) is 0 Å². The van der Waals surface area contributed by atoms with E-state index >= 15 is 0 Å². The summed E-state index contributed by atoms with van der Waals surface area (Å²) >= 11 is 0. The second-order valence-corrected chi connectivity index (χ2v) is 4.49. The third kappa shape index (κ3) is 1.71. The molecule has 1 aliphatic carbocycles. The first-order valence-electron chi connectivity index (χ1n) is 5.91. The molecule has 2 bridgehead atoms. The summed E-state index contributed by atoms with van der Waals surface area (Å²) in [5.74, 6) is 0.932. The Morgan fingerprint density at radius 3 is 3.12 bits per heavy atom. The third-order valence-corrected chi connectivity index (χ3v) is 3.19. The fourth-order valence-electron chi connectivity index (χ4n) is 2.36. The molecule has 0 radical (unpaired) electrons. The van der Waals surface area contributed by atoms with E-state index in [-0.39, 0.29) is 6.10 Å². The molecule has 2 atom stereocenters. The molecule has 4 rings (SSSR count). The van der Waals surface area contributed by atoms with Crippen molar-refractivity contribution in [2.75, 3.05) is 5.06 Å². The molecular formula is C13H16N2O. The zero-order valence-electron chi connectivity index (χ0n) is 9.47. The summed E-state index contributed by atoms with van der Waals surface area (Å²) in [6, 6.07) is 6.41. The van der Waals surface area contributed by atoms with Crippen LogP contribution in [-0.2, 0) is 4.84 Å². The fraction of sp³-hybridized carbons (Fsp3) is 0.462. The largest absolute Gasteiger partial charge is 0.264 e. The third-order valence-electron chi connectivity index (χ3n) is 3.19. The quantitative estimate of drug-likeness (QED) is 0.675. The van der Waals surface area contributed by atoms with Gasteiger partial charge in [0.15, 0.2) is 5.82 Å². The zero-order valence-corrected chi connectivity index (χ0v) is 9.47. The summed E-state index contributed by atoms with van der Waals surface area (Å²) in [7, 11) is 0. The standard InChI is InChI=1S/C13H16N2O/c1-10-4-2-7-13(14-10)15-11-5-3-6-12(16-15)9-8-11/h2,4,7-9,11-12H,3,5-6H2,1H3. The van der Waals surface area contributed by atoms with Gasteiger partial charge in [-0.25, -0.2) is 10.0 Å². The molecule has 84 valence electrons. The molecule has 0 spiro atoms. The van der Waals surface area contributed by atoms with Crippen LogP contribution >= 0.6 is 0 Å². The van der Waals surface area contributed by atoms with Gasteiger partial charge >= 0.3 is 0 Å². The van der Waals surface area contributed by atoms with E-state index < -0.39 is 0 Å². The molecule has 3 nitrogen and oxygen atoms in total. The normalized spacial score (nSPS) is 28.2. The lowest BCUT2D eigenvalue weighted by Gasteiger charge is -2.32. The van der Waals surface area contributed by atoms with Crippen LogP contribution in [0, 0.1) is 6.92 Å². The van der Waals surface area contributed by atoms with Crippen molar-refractivity contribution in [3.8, 4) is 0 Å².